The van der Waals surface area contributed by atoms with Gasteiger partial charge in [0.15, 0.2) is 0 Å². The zero-order valence-electron chi connectivity index (χ0n) is 11.7. The van der Waals surface area contributed by atoms with Gasteiger partial charge in [-0.25, -0.2) is 9.37 Å². The molecule has 3 nitrogen and oxygen atoms in total. The van der Waals surface area contributed by atoms with E-state index in [1.165, 1.54) is 6.07 Å². The van der Waals surface area contributed by atoms with E-state index in [0.29, 0.717) is 28.7 Å². The number of hydrogen-bond donors (Lipinski definition) is 1. The number of halogens is 3. The van der Waals surface area contributed by atoms with Gasteiger partial charge in [0.2, 0.25) is 5.88 Å². The molecule has 0 aliphatic rings. The largest absolute Gasteiger partial charge is 0.439 e. The molecule has 0 saturated heterocycles. The fourth-order valence-electron chi connectivity index (χ4n) is 1.65. The third-order valence-corrected chi connectivity index (χ3v) is 3.78. The van der Waals surface area contributed by atoms with Crippen LogP contribution in [0.15, 0.2) is 39.4 Å². The summed E-state index contributed by atoms with van der Waals surface area (Å²) in [7, 11) is 0. The second-order valence-electron chi connectivity index (χ2n) is 4.83. The van der Waals surface area contributed by atoms with Crippen LogP contribution in [0.4, 0.5) is 4.39 Å². The van der Waals surface area contributed by atoms with Crippen molar-refractivity contribution in [2.75, 3.05) is 0 Å². The molecular weight excluding hydrogens is 403 g/mol. The molecule has 0 radical (unpaired) electrons. The monoisotopic (exact) mass is 416 g/mol. The Labute approximate surface area is 140 Å². The van der Waals surface area contributed by atoms with E-state index >= 15 is 0 Å². The molecule has 0 aliphatic heterocycles. The second-order valence-corrected chi connectivity index (χ2v) is 6.60. The highest BCUT2D eigenvalue weighted by Gasteiger charge is 2.10. The Hall–Kier alpha value is -0.980. The van der Waals surface area contributed by atoms with Crippen LogP contribution in [-0.2, 0) is 6.54 Å². The fraction of sp³-hybridized carbons (Fsp3) is 0.267. The number of hydrogen-bond acceptors (Lipinski definition) is 3. The topological polar surface area (TPSA) is 34.2 Å². The summed E-state index contributed by atoms with van der Waals surface area (Å²) in [5, 5.41) is 3.31. The molecule has 0 unspecified atom stereocenters. The maximum absolute atomic E-state index is 13.5. The predicted octanol–water partition coefficient (Wildman–Crippen LogP) is 5.04. The van der Waals surface area contributed by atoms with E-state index in [9.17, 15) is 4.39 Å². The Balaban J connectivity index is 2.23. The van der Waals surface area contributed by atoms with Crippen LogP contribution in [0.5, 0.6) is 11.6 Å². The van der Waals surface area contributed by atoms with Crippen LogP contribution in [0.3, 0.4) is 0 Å². The second kappa shape index (κ2) is 7.33. The maximum atomic E-state index is 13.5. The third kappa shape index (κ3) is 4.76. The summed E-state index contributed by atoms with van der Waals surface area (Å²) < 4.78 is 20.5. The van der Waals surface area contributed by atoms with E-state index in [4.69, 9.17) is 4.74 Å². The summed E-state index contributed by atoms with van der Waals surface area (Å²) in [6.07, 6.45) is 1.66. The first-order valence-electron chi connectivity index (χ1n) is 6.46. The molecule has 0 saturated carbocycles. The van der Waals surface area contributed by atoms with Crippen molar-refractivity contribution in [2.24, 2.45) is 0 Å². The quantitative estimate of drug-likeness (QED) is 0.740. The molecule has 0 atom stereocenters. The number of rotatable bonds is 5. The lowest BCUT2D eigenvalue weighted by Crippen LogP contribution is -2.22. The molecule has 1 aromatic carbocycles. The molecule has 0 bridgehead atoms. The lowest BCUT2D eigenvalue weighted by Gasteiger charge is -2.13. The summed E-state index contributed by atoms with van der Waals surface area (Å²) in [4.78, 5) is 4.26. The van der Waals surface area contributed by atoms with Crippen molar-refractivity contribution < 1.29 is 9.13 Å². The number of benzene rings is 1. The van der Waals surface area contributed by atoms with Gasteiger partial charge in [0.1, 0.15) is 11.6 Å². The minimum Gasteiger partial charge on any atom is -0.439 e. The lowest BCUT2D eigenvalue weighted by molar-refractivity contribution is 0.445. The molecule has 0 fully saturated rings. The van der Waals surface area contributed by atoms with Crippen molar-refractivity contribution in [3.63, 3.8) is 0 Å². The number of pyridine rings is 1. The molecular formula is C15H15Br2FN2O. The first-order valence-corrected chi connectivity index (χ1v) is 8.05. The number of aromatic nitrogens is 1. The van der Waals surface area contributed by atoms with E-state index < -0.39 is 0 Å². The Morgan fingerprint density at radius 1 is 1.29 bits per heavy atom. The molecule has 2 rings (SSSR count). The fourth-order valence-corrected chi connectivity index (χ4v) is 2.28. The van der Waals surface area contributed by atoms with Crippen molar-refractivity contribution >= 4 is 31.9 Å². The highest BCUT2D eigenvalue weighted by molar-refractivity contribution is 9.10. The summed E-state index contributed by atoms with van der Waals surface area (Å²) >= 11 is 6.52. The Morgan fingerprint density at radius 2 is 2.05 bits per heavy atom. The molecule has 2 aromatic rings. The Bertz CT molecular complexity index is 635. The summed E-state index contributed by atoms with van der Waals surface area (Å²) in [5.41, 5.74) is 0.904. The van der Waals surface area contributed by atoms with Gasteiger partial charge in [-0.15, -0.1) is 0 Å². The first-order chi connectivity index (χ1) is 9.95. The van der Waals surface area contributed by atoms with Crippen LogP contribution in [-0.4, -0.2) is 11.0 Å². The standard InChI is InChI=1S/C15H15Br2FN2O/c1-9(2)19-7-10-5-11(16)8-20-15(10)21-12-3-4-13(17)14(18)6-12/h3-6,8-9,19H,7H2,1-2H3. The van der Waals surface area contributed by atoms with Crippen molar-refractivity contribution in [2.45, 2.75) is 26.4 Å². The molecule has 0 aliphatic carbocycles. The van der Waals surface area contributed by atoms with Crippen LogP contribution < -0.4 is 10.1 Å². The predicted molar refractivity (Wildman–Crippen MR) is 88.1 cm³/mol. The third-order valence-electron chi connectivity index (χ3n) is 2.70. The van der Waals surface area contributed by atoms with Gasteiger partial charge < -0.3 is 10.1 Å². The number of nitrogens with one attached hydrogen (secondary N) is 1. The van der Waals surface area contributed by atoms with Gasteiger partial charge in [-0.1, -0.05) is 13.8 Å². The van der Waals surface area contributed by atoms with E-state index in [1.807, 2.05) is 6.07 Å². The summed E-state index contributed by atoms with van der Waals surface area (Å²) in [6, 6.07) is 6.91. The summed E-state index contributed by atoms with van der Waals surface area (Å²) in [6.45, 7) is 4.75. The van der Waals surface area contributed by atoms with Crippen LogP contribution in [0.2, 0.25) is 0 Å². The van der Waals surface area contributed by atoms with Gasteiger partial charge in [0.25, 0.3) is 0 Å². The Morgan fingerprint density at radius 3 is 2.71 bits per heavy atom. The average Bonchev–Trinajstić information content (AvgIpc) is 2.43. The highest BCUT2D eigenvalue weighted by atomic mass is 79.9. The molecule has 0 amide bonds. The van der Waals surface area contributed by atoms with Crippen molar-refractivity contribution in [3.8, 4) is 11.6 Å². The number of nitrogens with zero attached hydrogens (tertiary/aromatic N) is 1. The van der Waals surface area contributed by atoms with E-state index in [1.54, 1.807) is 18.3 Å². The zero-order valence-corrected chi connectivity index (χ0v) is 14.8. The average molecular weight is 418 g/mol. The molecule has 112 valence electrons. The zero-order chi connectivity index (χ0) is 15.4. The maximum Gasteiger partial charge on any atom is 0.223 e. The smallest absolute Gasteiger partial charge is 0.223 e. The van der Waals surface area contributed by atoms with E-state index in [2.05, 4.69) is 56.0 Å². The van der Waals surface area contributed by atoms with Crippen LogP contribution in [0, 0.1) is 5.82 Å². The highest BCUT2D eigenvalue weighted by Crippen LogP contribution is 2.28. The molecule has 0 spiro atoms. The van der Waals surface area contributed by atoms with Crippen LogP contribution in [0.25, 0.3) is 0 Å². The van der Waals surface area contributed by atoms with Gasteiger partial charge in [0.05, 0.1) is 4.47 Å². The van der Waals surface area contributed by atoms with Crippen LogP contribution >= 0.6 is 31.9 Å². The summed E-state index contributed by atoms with van der Waals surface area (Å²) in [5.74, 6) is 0.510. The van der Waals surface area contributed by atoms with Gasteiger partial charge >= 0.3 is 0 Å². The van der Waals surface area contributed by atoms with Gasteiger partial charge in [-0.05, 0) is 50.1 Å². The van der Waals surface area contributed by atoms with Crippen molar-refractivity contribution in [3.05, 3.63) is 50.8 Å². The van der Waals surface area contributed by atoms with Crippen molar-refractivity contribution in [1.29, 1.82) is 0 Å². The number of ether oxygens (including phenoxy) is 1. The normalized spacial score (nSPS) is 11.0. The van der Waals surface area contributed by atoms with Crippen LogP contribution in [0.1, 0.15) is 19.4 Å². The molecule has 6 heteroatoms. The van der Waals surface area contributed by atoms with Crippen molar-refractivity contribution in [1.82, 2.24) is 10.3 Å². The lowest BCUT2D eigenvalue weighted by atomic mass is 10.2. The van der Waals surface area contributed by atoms with Gasteiger partial charge in [-0.3, -0.25) is 0 Å². The SMILES string of the molecule is CC(C)NCc1cc(Br)cnc1Oc1ccc(Br)c(F)c1. The molecule has 1 aromatic heterocycles. The van der Waals surface area contributed by atoms with Gasteiger partial charge in [0, 0.05) is 34.9 Å². The molecule has 21 heavy (non-hydrogen) atoms. The molecule has 1 N–H and O–H groups in total. The van der Waals surface area contributed by atoms with Gasteiger partial charge in [-0.2, -0.15) is 0 Å². The first kappa shape index (κ1) is 16.4. The Kier molecular flexibility index (Phi) is 5.72. The minimum atomic E-state index is -0.369. The van der Waals surface area contributed by atoms with E-state index in [0.717, 1.165) is 10.0 Å². The minimum absolute atomic E-state index is 0.349. The van der Waals surface area contributed by atoms with E-state index in [-0.39, 0.29) is 5.82 Å². The molecule has 1 heterocycles.